The second kappa shape index (κ2) is 11.7. The third kappa shape index (κ3) is 6.49. The minimum Gasteiger partial charge on any atom is -0.369 e. The molecule has 0 unspecified atom stereocenters. The number of nitriles is 1. The number of hydrogen-bond donors (Lipinski definition) is 1. The fraction of sp³-hybridized carbons (Fsp3) is 0.452. The highest BCUT2D eigenvalue weighted by Gasteiger charge is 2.47. The molecule has 12 heteroatoms. The molecule has 226 valence electrons. The van der Waals surface area contributed by atoms with Gasteiger partial charge in [0.25, 0.3) is 10.0 Å². The number of sulfone groups is 1. The van der Waals surface area contributed by atoms with Gasteiger partial charge in [-0.25, -0.2) is 21.8 Å². The number of ketones is 1. The van der Waals surface area contributed by atoms with Crippen molar-refractivity contribution in [3.63, 3.8) is 0 Å². The van der Waals surface area contributed by atoms with Crippen LogP contribution in [0.4, 0.5) is 10.8 Å². The predicted molar refractivity (Wildman–Crippen MR) is 167 cm³/mol. The molecule has 0 amide bonds. The molecule has 2 aromatic carbocycles. The van der Waals surface area contributed by atoms with E-state index in [0.717, 1.165) is 54.7 Å². The molecule has 3 aliphatic rings. The Morgan fingerprint density at radius 3 is 2.37 bits per heavy atom. The highest BCUT2D eigenvalue weighted by atomic mass is 32.2. The molecule has 1 aromatic heterocycles. The summed E-state index contributed by atoms with van der Waals surface area (Å²) in [6.45, 7) is 0.879. The number of benzene rings is 2. The summed E-state index contributed by atoms with van der Waals surface area (Å²) in [5.41, 5.74) is 1.97. The Morgan fingerprint density at radius 2 is 1.72 bits per heavy atom. The van der Waals surface area contributed by atoms with Gasteiger partial charge in [0.2, 0.25) is 0 Å². The van der Waals surface area contributed by atoms with Gasteiger partial charge >= 0.3 is 0 Å². The van der Waals surface area contributed by atoms with Crippen molar-refractivity contribution in [2.75, 3.05) is 34.2 Å². The fourth-order valence-corrected chi connectivity index (χ4v) is 9.69. The van der Waals surface area contributed by atoms with Crippen molar-refractivity contribution < 1.29 is 21.6 Å². The van der Waals surface area contributed by atoms with Crippen LogP contribution in [0.1, 0.15) is 56.6 Å². The van der Waals surface area contributed by atoms with Gasteiger partial charge in [0, 0.05) is 37.0 Å². The summed E-state index contributed by atoms with van der Waals surface area (Å²) in [6.07, 6.45) is 5.14. The number of carbonyl (C=O) groups excluding carboxylic acids is 1. The van der Waals surface area contributed by atoms with Crippen molar-refractivity contribution in [2.45, 2.75) is 55.8 Å². The van der Waals surface area contributed by atoms with Crippen LogP contribution in [0.3, 0.4) is 0 Å². The average molecular weight is 639 g/mol. The topological polar surface area (TPSA) is 137 Å². The van der Waals surface area contributed by atoms with E-state index >= 15 is 0 Å². The lowest BCUT2D eigenvalue weighted by atomic mass is 9.73. The highest BCUT2D eigenvalue weighted by Crippen LogP contribution is 2.51. The first-order valence-electron chi connectivity index (χ1n) is 14.7. The number of thiazole rings is 1. The third-order valence-corrected chi connectivity index (χ3v) is 13.0. The number of rotatable bonds is 9. The Hall–Kier alpha value is -3.27. The Kier molecular flexibility index (Phi) is 8.08. The number of carbonyl (C=O) groups is 1. The lowest BCUT2D eigenvalue weighted by molar-refractivity contribution is -0.125. The molecule has 3 fully saturated rings. The van der Waals surface area contributed by atoms with Gasteiger partial charge in [0.15, 0.2) is 15.0 Å². The lowest BCUT2D eigenvalue weighted by Gasteiger charge is -2.31. The Morgan fingerprint density at radius 1 is 1.05 bits per heavy atom. The first-order chi connectivity index (χ1) is 20.6. The number of sulfonamides is 1. The molecule has 1 aliphatic heterocycles. The molecule has 1 N–H and O–H groups in total. The summed E-state index contributed by atoms with van der Waals surface area (Å²) in [5.74, 6) is -0.0897. The quantitative estimate of drug-likeness (QED) is 0.330. The minimum absolute atomic E-state index is 0.101. The zero-order valence-electron chi connectivity index (χ0n) is 23.7. The summed E-state index contributed by atoms with van der Waals surface area (Å²) in [4.78, 5) is 21.4. The number of nitrogens with zero attached hydrogens (tertiary/aromatic N) is 3. The van der Waals surface area contributed by atoms with Crippen LogP contribution in [0.2, 0.25) is 0 Å². The maximum atomic E-state index is 13.6. The van der Waals surface area contributed by atoms with E-state index in [-0.39, 0.29) is 45.6 Å². The van der Waals surface area contributed by atoms with E-state index in [1.807, 2.05) is 24.3 Å². The molecule has 2 saturated carbocycles. The van der Waals surface area contributed by atoms with Crippen molar-refractivity contribution in [1.29, 1.82) is 5.26 Å². The van der Waals surface area contributed by atoms with Crippen LogP contribution < -0.4 is 9.62 Å². The van der Waals surface area contributed by atoms with Gasteiger partial charge in [-0.15, -0.1) is 0 Å². The average Bonchev–Trinajstić information content (AvgIpc) is 3.67. The zero-order valence-corrected chi connectivity index (χ0v) is 26.2. The second-order valence-electron chi connectivity index (χ2n) is 11.9. The second-order valence-corrected chi connectivity index (χ2v) is 16.9. The van der Waals surface area contributed by atoms with Crippen molar-refractivity contribution >= 4 is 47.8 Å². The normalized spacial score (nSPS) is 22.8. The first kappa shape index (κ1) is 29.8. The summed E-state index contributed by atoms with van der Waals surface area (Å²) in [7, 11) is -6.87. The number of hydrogen-bond acceptors (Lipinski definition) is 9. The van der Waals surface area contributed by atoms with E-state index in [4.69, 9.17) is 4.98 Å². The van der Waals surface area contributed by atoms with Gasteiger partial charge < -0.3 is 4.90 Å². The maximum Gasteiger partial charge on any atom is 0.263 e. The number of Topliss-reactive ketones (excluding diaryl/α,β-unsaturated/α-hetero) is 1. The Balaban J connectivity index is 1.34. The minimum atomic E-state index is -3.87. The van der Waals surface area contributed by atoms with E-state index in [9.17, 15) is 26.9 Å². The molecule has 6 rings (SSSR count). The fourth-order valence-electron chi connectivity index (χ4n) is 6.19. The molecule has 0 radical (unpaired) electrons. The molecule has 1 saturated heterocycles. The summed E-state index contributed by atoms with van der Waals surface area (Å²) >= 11 is 1.25. The maximum absolute atomic E-state index is 13.6. The van der Waals surface area contributed by atoms with Crippen LogP contribution in [0.25, 0.3) is 10.4 Å². The molecule has 3 aromatic rings. The molecule has 2 atom stereocenters. The van der Waals surface area contributed by atoms with E-state index in [1.165, 1.54) is 23.5 Å². The zero-order chi connectivity index (χ0) is 30.2. The number of anilines is 2. The summed E-state index contributed by atoms with van der Waals surface area (Å²) < 4.78 is 52.8. The molecule has 0 spiro atoms. The van der Waals surface area contributed by atoms with Crippen LogP contribution in [-0.2, 0) is 24.7 Å². The standard InChI is InChI=1S/C31H34N4O5S3/c32-21-31(14-15-31)20-27(36)25-8-4-5-9-26(25)28-29(41-30(33-28)34-43(39,40)24-6-2-1-3-7-24)22-10-12-23(13-11-22)35-16-18-42(37,38)19-17-35/h1-3,6-7,10-13,25-26H,4-5,8-9,14-20H2,(H,33,34)/t25-,26-/m1/s1. The van der Waals surface area contributed by atoms with E-state index in [0.29, 0.717) is 18.8 Å². The number of aromatic nitrogens is 1. The molecular weight excluding hydrogens is 605 g/mol. The van der Waals surface area contributed by atoms with E-state index < -0.39 is 25.3 Å². The van der Waals surface area contributed by atoms with E-state index in [1.54, 1.807) is 18.2 Å². The SMILES string of the molecule is N#CC1(CC(=O)[C@@H]2CCCC[C@H]2c2nc(NS(=O)(=O)c3ccccc3)sc2-c2ccc(N3CCS(=O)(=O)CC3)cc2)CC1. The van der Waals surface area contributed by atoms with E-state index in [2.05, 4.69) is 15.7 Å². The van der Waals surface area contributed by atoms with Crippen molar-refractivity contribution in [3.8, 4) is 16.5 Å². The van der Waals surface area contributed by atoms with Crippen LogP contribution in [-0.4, -0.2) is 52.2 Å². The van der Waals surface area contributed by atoms with Gasteiger partial charge in [0.1, 0.15) is 5.78 Å². The molecular formula is C31H34N4O5S3. The smallest absolute Gasteiger partial charge is 0.263 e. The van der Waals surface area contributed by atoms with Gasteiger partial charge in [0.05, 0.1) is 38.5 Å². The Labute approximate surface area is 256 Å². The van der Waals surface area contributed by atoms with Crippen molar-refractivity contribution in [3.05, 3.63) is 60.3 Å². The van der Waals surface area contributed by atoms with Crippen LogP contribution in [0.15, 0.2) is 59.5 Å². The Bertz CT molecular complexity index is 1750. The molecule has 43 heavy (non-hydrogen) atoms. The van der Waals surface area contributed by atoms with Gasteiger partial charge in [-0.3, -0.25) is 9.52 Å². The van der Waals surface area contributed by atoms with Crippen LogP contribution in [0, 0.1) is 22.7 Å². The molecule has 9 nitrogen and oxygen atoms in total. The highest BCUT2D eigenvalue weighted by molar-refractivity contribution is 7.93. The third-order valence-electron chi connectivity index (χ3n) is 8.90. The molecule has 2 heterocycles. The van der Waals surface area contributed by atoms with Crippen molar-refractivity contribution in [1.82, 2.24) is 4.98 Å². The number of nitrogens with one attached hydrogen (secondary N) is 1. The summed E-state index contributed by atoms with van der Waals surface area (Å²) in [6, 6.07) is 18.3. The lowest BCUT2D eigenvalue weighted by Crippen LogP contribution is -2.40. The molecule has 0 bridgehead atoms. The van der Waals surface area contributed by atoms with Crippen molar-refractivity contribution in [2.24, 2.45) is 11.3 Å². The molecule has 2 aliphatic carbocycles. The largest absolute Gasteiger partial charge is 0.369 e. The monoisotopic (exact) mass is 638 g/mol. The van der Waals surface area contributed by atoms with Gasteiger partial charge in [-0.2, -0.15) is 5.26 Å². The predicted octanol–water partition coefficient (Wildman–Crippen LogP) is 5.38. The first-order valence-corrected chi connectivity index (χ1v) is 18.8. The summed E-state index contributed by atoms with van der Waals surface area (Å²) in [5, 5.41) is 9.86. The van der Waals surface area contributed by atoms with Crippen LogP contribution >= 0.6 is 11.3 Å². The van der Waals surface area contributed by atoms with Gasteiger partial charge in [-0.1, -0.05) is 54.5 Å². The van der Waals surface area contributed by atoms with Crippen LogP contribution in [0.5, 0.6) is 0 Å². The van der Waals surface area contributed by atoms with Gasteiger partial charge in [-0.05, 0) is 55.5 Å².